The van der Waals surface area contributed by atoms with Crippen molar-refractivity contribution >= 4 is 25.8 Å². The molecule has 0 aliphatic heterocycles. The second kappa shape index (κ2) is 3.42. The van der Waals surface area contributed by atoms with E-state index in [9.17, 15) is 8.42 Å². The van der Waals surface area contributed by atoms with Gasteiger partial charge in [-0.25, -0.2) is 8.42 Å². The first kappa shape index (κ1) is 10.7. The minimum absolute atomic E-state index is 0.0642. The lowest BCUT2D eigenvalue weighted by Crippen LogP contribution is -2.11. The summed E-state index contributed by atoms with van der Waals surface area (Å²) < 4.78 is 24.3. The summed E-state index contributed by atoms with van der Waals surface area (Å²) in [6.45, 7) is 3.66. The van der Waals surface area contributed by atoms with Crippen molar-refractivity contribution in [2.75, 3.05) is 6.26 Å². The van der Waals surface area contributed by atoms with Crippen LogP contribution in [0.4, 0.5) is 0 Å². The van der Waals surface area contributed by atoms with Gasteiger partial charge in [0.2, 0.25) is 0 Å². The monoisotopic (exact) mass is 266 g/mol. The van der Waals surface area contributed by atoms with E-state index in [2.05, 4.69) is 21.0 Å². The first-order chi connectivity index (χ1) is 5.81. The summed E-state index contributed by atoms with van der Waals surface area (Å²) in [7, 11) is -3.02. The quantitative estimate of drug-likeness (QED) is 0.810. The van der Waals surface area contributed by atoms with E-state index in [4.69, 9.17) is 0 Å². The van der Waals surface area contributed by atoms with Crippen molar-refractivity contribution in [2.45, 2.75) is 19.7 Å². The predicted octanol–water partition coefficient (Wildman–Crippen LogP) is 1.26. The Balaban J connectivity index is 3.11. The Kier molecular flexibility index (Phi) is 2.82. The van der Waals surface area contributed by atoms with E-state index in [-0.39, 0.29) is 5.88 Å². The van der Waals surface area contributed by atoms with E-state index in [0.717, 1.165) is 15.9 Å². The van der Waals surface area contributed by atoms with Crippen molar-refractivity contribution in [1.29, 1.82) is 0 Å². The fraction of sp³-hybridized carbons (Fsp3) is 0.571. The summed E-state index contributed by atoms with van der Waals surface area (Å²) in [6, 6.07) is 0. The maximum Gasteiger partial charge on any atom is 0.167 e. The fourth-order valence-corrected chi connectivity index (χ4v) is 2.00. The van der Waals surface area contributed by atoms with Gasteiger partial charge in [-0.05, 0) is 29.8 Å². The molecule has 1 aromatic rings. The SMILES string of the molecule is Cc1nn(CS(C)(=O)=O)c(C)c1Br. The molecule has 0 bridgehead atoms. The summed E-state index contributed by atoms with van der Waals surface area (Å²) in [6.07, 6.45) is 1.19. The Morgan fingerprint density at radius 3 is 2.31 bits per heavy atom. The summed E-state index contributed by atoms with van der Waals surface area (Å²) in [5.41, 5.74) is 1.64. The maximum atomic E-state index is 11.0. The molecule has 1 aromatic heterocycles. The van der Waals surface area contributed by atoms with Gasteiger partial charge in [-0.2, -0.15) is 5.10 Å². The van der Waals surface area contributed by atoms with Crippen molar-refractivity contribution in [3.63, 3.8) is 0 Å². The molecular formula is C7H11BrN2O2S. The number of hydrogen-bond donors (Lipinski definition) is 0. The van der Waals surface area contributed by atoms with Gasteiger partial charge in [0.25, 0.3) is 0 Å². The number of sulfone groups is 1. The molecule has 6 heteroatoms. The van der Waals surface area contributed by atoms with Crippen LogP contribution in [0.1, 0.15) is 11.4 Å². The second-order valence-corrected chi connectivity index (χ2v) is 5.94. The molecule has 0 amide bonds. The smallest absolute Gasteiger partial charge is 0.167 e. The van der Waals surface area contributed by atoms with Gasteiger partial charge in [0.05, 0.1) is 15.9 Å². The molecule has 0 N–H and O–H groups in total. The molecule has 0 atom stereocenters. The predicted molar refractivity (Wildman–Crippen MR) is 54.2 cm³/mol. The summed E-state index contributed by atoms with van der Waals surface area (Å²) in [4.78, 5) is 0. The molecule has 0 radical (unpaired) electrons. The molecule has 0 fully saturated rings. The van der Waals surface area contributed by atoms with Crippen molar-refractivity contribution in [2.24, 2.45) is 0 Å². The van der Waals surface area contributed by atoms with E-state index in [1.165, 1.54) is 10.9 Å². The van der Waals surface area contributed by atoms with Crippen LogP contribution in [0.2, 0.25) is 0 Å². The minimum atomic E-state index is -3.02. The van der Waals surface area contributed by atoms with Crippen LogP contribution in [0.5, 0.6) is 0 Å². The van der Waals surface area contributed by atoms with Gasteiger partial charge >= 0.3 is 0 Å². The standard InChI is InChI=1S/C7H11BrN2O2S/c1-5-7(8)6(2)10(9-5)4-13(3,11)12/h4H2,1-3H3. The molecule has 0 unspecified atom stereocenters. The fourth-order valence-electron chi connectivity index (χ4n) is 1.02. The normalized spacial score (nSPS) is 12.0. The lowest BCUT2D eigenvalue weighted by molar-refractivity contribution is 0.578. The van der Waals surface area contributed by atoms with Crippen LogP contribution in [0.25, 0.3) is 0 Å². The van der Waals surface area contributed by atoms with Crippen LogP contribution in [0, 0.1) is 13.8 Å². The Hall–Kier alpha value is -0.360. The number of nitrogens with zero attached hydrogens (tertiary/aromatic N) is 2. The zero-order valence-corrected chi connectivity index (χ0v) is 10.1. The summed E-state index contributed by atoms with van der Waals surface area (Å²) >= 11 is 3.33. The van der Waals surface area contributed by atoms with E-state index >= 15 is 0 Å². The molecule has 0 aromatic carbocycles. The van der Waals surface area contributed by atoms with Gasteiger partial charge < -0.3 is 0 Å². The van der Waals surface area contributed by atoms with Crippen LogP contribution >= 0.6 is 15.9 Å². The van der Waals surface area contributed by atoms with Crippen LogP contribution in [0.3, 0.4) is 0 Å². The van der Waals surface area contributed by atoms with Crippen molar-refractivity contribution < 1.29 is 8.42 Å². The first-order valence-electron chi connectivity index (χ1n) is 3.68. The zero-order valence-electron chi connectivity index (χ0n) is 7.70. The second-order valence-electron chi connectivity index (χ2n) is 3.04. The topological polar surface area (TPSA) is 52.0 Å². The van der Waals surface area contributed by atoms with Gasteiger partial charge in [0, 0.05) is 6.26 Å². The third-order valence-corrected chi connectivity index (χ3v) is 3.51. The van der Waals surface area contributed by atoms with Crippen LogP contribution in [0.15, 0.2) is 4.47 Å². The number of hydrogen-bond acceptors (Lipinski definition) is 3. The van der Waals surface area contributed by atoms with Gasteiger partial charge in [-0.15, -0.1) is 0 Å². The molecule has 0 aliphatic rings. The summed E-state index contributed by atoms with van der Waals surface area (Å²) in [5.74, 6) is -0.0642. The van der Waals surface area contributed by atoms with Crippen molar-refractivity contribution in [1.82, 2.24) is 9.78 Å². The average Bonchev–Trinajstić information content (AvgIpc) is 2.15. The first-order valence-corrected chi connectivity index (χ1v) is 6.54. The highest BCUT2D eigenvalue weighted by Gasteiger charge is 2.12. The van der Waals surface area contributed by atoms with Crippen molar-refractivity contribution in [3.8, 4) is 0 Å². The van der Waals surface area contributed by atoms with Gasteiger partial charge in [0.15, 0.2) is 9.84 Å². The van der Waals surface area contributed by atoms with Crippen LogP contribution in [-0.2, 0) is 15.7 Å². The third kappa shape index (κ3) is 2.54. The number of halogens is 1. The maximum absolute atomic E-state index is 11.0. The van der Waals surface area contributed by atoms with Crippen LogP contribution < -0.4 is 0 Å². The van der Waals surface area contributed by atoms with E-state index in [1.54, 1.807) is 0 Å². The molecule has 74 valence electrons. The van der Waals surface area contributed by atoms with Gasteiger partial charge in [-0.3, -0.25) is 4.68 Å². The van der Waals surface area contributed by atoms with Gasteiger partial charge in [-0.1, -0.05) is 0 Å². The van der Waals surface area contributed by atoms with E-state index in [1.807, 2.05) is 13.8 Å². The lowest BCUT2D eigenvalue weighted by atomic mass is 10.4. The highest BCUT2D eigenvalue weighted by molar-refractivity contribution is 9.10. The number of aromatic nitrogens is 2. The van der Waals surface area contributed by atoms with Crippen molar-refractivity contribution in [3.05, 3.63) is 15.9 Å². The molecule has 0 saturated carbocycles. The summed E-state index contributed by atoms with van der Waals surface area (Å²) in [5, 5.41) is 4.09. The Morgan fingerprint density at radius 2 is 2.00 bits per heavy atom. The molecule has 0 spiro atoms. The Labute approximate surface area is 86.0 Å². The molecule has 13 heavy (non-hydrogen) atoms. The molecule has 0 saturated heterocycles. The van der Waals surface area contributed by atoms with Gasteiger partial charge in [0.1, 0.15) is 5.88 Å². The molecule has 1 heterocycles. The minimum Gasteiger partial charge on any atom is -0.253 e. The average molecular weight is 267 g/mol. The lowest BCUT2D eigenvalue weighted by Gasteiger charge is -2.01. The molecule has 0 aliphatic carbocycles. The highest BCUT2D eigenvalue weighted by atomic mass is 79.9. The zero-order chi connectivity index (χ0) is 10.2. The Morgan fingerprint density at radius 1 is 1.46 bits per heavy atom. The van der Waals surface area contributed by atoms with E-state index in [0.29, 0.717) is 0 Å². The molecule has 4 nitrogen and oxygen atoms in total. The number of aryl methyl sites for hydroxylation is 1. The Bertz CT molecular complexity index is 422. The molecular weight excluding hydrogens is 256 g/mol. The van der Waals surface area contributed by atoms with E-state index < -0.39 is 9.84 Å². The third-order valence-electron chi connectivity index (χ3n) is 1.65. The molecule has 1 rings (SSSR count). The highest BCUT2D eigenvalue weighted by Crippen LogP contribution is 2.19. The largest absolute Gasteiger partial charge is 0.253 e. The van der Waals surface area contributed by atoms with Crippen LogP contribution in [-0.4, -0.2) is 24.5 Å². The number of rotatable bonds is 2.